The summed E-state index contributed by atoms with van der Waals surface area (Å²) in [5.74, 6) is -0.283. The molecule has 1 aliphatic rings. The van der Waals surface area contributed by atoms with Gasteiger partial charge in [0.05, 0.1) is 32.5 Å². The molecule has 3 aromatic rings. The highest BCUT2D eigenvalue weighted by Crippen LogP contribution is 2.28. The number of carbonyl (C=O) groups excluding carboxylic acids is 2. The van der Waals surface area contributed by atoms with Crippen LogP contribution in [0.2, 0.25) is 0 Å². The van der Waals surface area contributed by atoms with Gasteiger partial charge in [-0.3, -0.25) is 4.79 Å². The Morgan fingerprint density at radius 2 is 1.27 bits per heavy atom. The molecule has 0 radical (unpaired) electrons. The second-order valence-electron chi connectivity index (χ2n) is 9.02. The Balaban J connectivity index is 1.56. The number of hydrogen-bond donors (Lipinski definition) is 1. The molecule has 1 saturated heterocycles. The van der Waals surface area contributed by atoms with Crippen molar-refractivity contribution < 1.29 is 28.5 Å². The molecule has 0 bridgehead atoms. The number of rotatable bonds is 12. The van der Waals surface area contributed by atoms with Crippen molar-refractivity contribution in [2.24, 2.45) is 0 Å². The first-order valence-corrected chi connectivity index (χ1v) is 12.4. The maximum absolute atomic E-state index is 12.1. The molecule has 194 valence electrons. The summed E-state index contributed by atoms with van der Waals surface area (Å²) in [4.78, 5) is 24.2. The number of aldehydes is 1. The van der Waals surface area contributed by atoms with E-state index in [0.717, 1.165) is 16.7 Å². The second-order valence-corrected chi connectivity index (χ2v) is 9.02. The quantitative estimate of drug-likeness (QED) is 0.378. The van der Waals surface area contributed by atoms with E-state index in [1.165, 1.54) is 6.92 Å². The summed E-state index contributed by atoms with van der Waals surface area (Å²) in [5.41, 5.74) is 2.98. The van der Waals surface area contributed by atoms with Gasteiger partial charge in [0, 0.05) is 6.92 Å². The number of benzene rings is 3. The van der Waals surface area contributed by atoms with Gasteiger partial charge in [0.2, 0.25) is 5.91 Å². The molecule has 7 heteroatoms. The van der Waals surface area contributed by atoms with Crippen LogP contribution in [0.5, 0.6) is 0 Å². The summed E-state index contributed by atoms with van der Waals surface area (Å²) < 4.78 is 24.9. The molecule has 5 unspecified atom stereocenters. The van der Waals surface area contributed by atoms with Crippen LogP contribution in [0.15, 0.2) is 91.0 Å². The molecule has 1 amide bonds. The molecule has 5 atom stereocenters. The van der Waals surface area contributed by atoms with Crippen LogP contribution in [0, 0.1) is 0 Å². The van der Waals surface area contributed by atoms with Crippen LogP contribution < -0.4 is 5.32 Å². The lowest BCUT2D eigenvalue weighted by molar-refractivity contribution is -0.226. The Hall–Kier alpha value is -3.36. The van der Waals surface area contributed by atoms with Gasteiger partial charge in [-0.25, -0.2) is 0 Å². The highest BCUT2D eigenvalue weighted by atomic mass is 16.6. The average molecular weight is 504 g/mol. The molecule has 1 N–H and O–H groups in total. The van der Waals surface area contributed by atoms with Gasteiger partial charge >= 0.3 is 0 Å². The van der Waals surface area contributed by atoms with Crippen LogP contribution in [-0.2, 0) is 48.4 Å². The fourth-order valence-corrected chi connectivity index (χ4v) is 4.42. The molecule has 4 rings (SSSR count). The monoisotopic (exact) mass is 503 g/mol. The molecule has 1 fully saturated rings. The van der Waals surface area contributed by atoms with E-state index in [9.17, 15) is 9.59 Å². The van der Waals surface area contributed by atoms with Gasteiger partial charge in [-0.05, 0) is 16.7 Å². The highest BCUT2D eigenvalue weighted by Gasteiger charge is 2.48. The SMILES string of the molecule is CC(=O)NC1C(C=O)OC(COCc2ccccc2)C(OCc2ccccc2)C1OCc1ccccc1. The Morgan fingerprint density at radius 3 is 1.76 bits per heavy atom. The van der Waals surface area contributed by atoms with E-state index in [0.29, 0.717) is 19.5 Å². The minimum absolute atomic E-state index is 0.191. The number of amides is 1. The van der Waals surface area contributed by atoms with Gasteiger partial charge in [-0.15, -0.1) is 0 Å². The van der Waals surface area contributed by atoms with E-state index >= 15 is 0 Å². The number of carbonyl (C=O) groups is 2. The van der Waals surface area contributed by atoms with Gasteiger partial charge in [-0.1, -0.05) is 91.0 Å². The summed E-state index contributed by atoms with van der Waals surface area (Å²) in [7, 11) is 0. The summed E-state index contributed by atoms with van der Waals surface area (Å²) in [6, 6.07) is 28.6. The molecule has 3 aromatic carbocycles. The number of hydrogen-bond acceptors (Lipinski definition) is 6. The summed E-state index contributed by atoms with van der Waals surface area (Å²) in [6.45, 7) is 2.59. The molecule has 1 aliphatic heterocycles. The van der Waals surface area contributed by atoms with E-state index in [2.05, 4.69) is 5.32 Å². The normalized spacial score (nSPS) is 23.3. The zero-order chi connectivity index (χ0) is 25.9. The van der Waals surface area contributed by atoms with Gasteiger partial charge in [0.25, 0.3) is 0 Å². The summed E-state index contributed by atoms with van der Waals surface area (Å²) in [5, 5.41) is 2.86. The van der Waals surface area contributed by atoms with Crippen LogP contribution in [0.25, 0.3) is 0 Å². The van der Waals surface area contributed by atoms with Gasteiger partial charge in [0.15, 0.2) is 6.29 Å². The standard InChI is InChI=1S/C30H33NO6/c1-22(33)31-28-26(17-32)37-27(21-34-18-23-11-5-2-6-12-23)29(35-19-24-13-7-3-8-14-24)30(28)36-20-25-15-9-4-10-16-25/h2-17,26-30H,18-21H2,1H3,(H,31,33). The minimum Gasteiger partial charge on any atom is -0.374 e. The predicted molar refractivity (Wildman–Crippen MR) is 138 cm³/mol. The first-order valence-electron chi connectivity index (χ1n) is 12.4. The van der Waals surface area contributed by atoms with Crippen molar-refractivity contribution in [3.63, 3.8) is 0 Å². The molecule has 1 heterocycles. The third kappa shape index (κ3) is 7.81. The van der Waals surface area contributed by atoms with Crippen LogP contribution in [0.3, 0.4) is 0 Å². The topological polar surface area (TPSA) is 83.1 Å². The fourth-order valence-electron chi connectivity index (χ4n) is 4.42. The van der Waals surface area contributed by atoms with E-state index in [1.807, 2.05) is 91.0 Å². The zero-order valence-corrected chi connectivity index (χ0v) is 20.9. The van der Waals surface area contributed by atoms with Crippen molar-refractivity contribution in [3.05, 3.63) is 108 Å². The Labute approximate surface area is 217 Å². The van der Waals surface area contributed by atoms with Crippen molar-refractivity contribution in [1.82, 2.24) is 5.32 Å². The van der Waals surface area contributed by atoms with Gasteiger partial charge in [-0.2, -0.15) is 0 Å². The predicted octanol–water partition coefficient (Wildman–Crippen LogP) is 3.85. The second kappa shape index (κ2) is 13.8. The molecular weight excluding hydrogens is 470 g/mol. The first kappa shape index (κ1) is 26.7. The Bertz CT molecular complexity index is 1090. The number of nitrogens with one attached hydrogen (secondary N) is 1. The third-order valence-electron chi connectivity index (χ3n) is 6.20. The zero-order valence-electron chi connectivity index (χ0n) is 20.9. The molecule has 0 spiro atoms. The fraction of sp³-hybridized carbons (Fsp3) is 0.333. The van der Waals surface area contributed by atoms with Crippen LogP contribution in [0.4, 0.5) is 0 Å². The summed E-state index contributed by atoms with van der Waals surface area (Å²) >= 11 is 0. The average Bonchev–Trinajstić information content (AvgIpc) is 2.93. The molecular formula is C30H33NO6. The lowest BCUT2D eigenvalue weighted by Gasteiger charge is -2.45. The minimum atomic E-state index is -0.911. The lowest BCUT2D eigenvalue weighted by atomic mass is 9.92. The molecule has 7 nitrogen and oxygen atoms in total. The van der Waals surface area contributed by atoms with E-state index in [-0.39, 0.29) is 19.1 Å². The van der Waals surface area contributed by atoms with Crippen molar-refractivity contribution in [2.45, 2.75) is 57.2 Å². The smallest absolute Gasteiger partial charge is 0.217 e. The van der Waals surface area contributed by atoms with Crippen molar-refractivity contribution in [2.75, 3.05) is 6.61 Å². The van der Waals surface area contributed by atoms with E-state index in [1.54, 1.807) is 0 Å². The van der Waals surface area contributed by atoms with E-state index in [4.69, 9.17) is 18.9 Å². The highest BCUT2D eigenvalue weighted by molar-refractivity contribution is 5.74. The van der Waals surface area contributed by atoms with Crippen LogP contribution >= 0.6 is 0 Å². The van der Waals surface area contributed by atoms with Crippen LogP contribution in [0.1, 0.15) is 23.6 Å². The largest absolute Gasteiger partial charge is 0.374 e. The Morgan fingerprint density at radius 1 is 0.784 bits per heavy atom. The van der Waals surface area contributed by atoms with Gasteiger partial charge in [0.1, 0.15) is 24.4 Å². The molecule has 0 saturated carbocycles. The van der Waals surface area contributed by atoms with E-state index < -0.39 is 30.5 Å². The Kier molecular flexibility index (Phi) is 9.97. The first-order chi connectivity index (χ1) is 18.1. The van der Waals surface area contributed by atoms with Crippen LogP contribution in [-0.4, -0.2) is 49.3 Å². The van der Waals surface area contributed by atoms with Crippen molar-refractivity contribution >= 4 is 12.2 Å². The molecule has 0 aliphatic carbocycles. The summed E-state index contributed by atoms with van der Waals surface area (Å²) in [6.07, 6.45) is -2.05. The maximum atomic E-state index is 12.1. The van der Waals surface area contributed by atoms with Crippen molar-refractivity contribution in [1.29, 1.82) is 0 Å². The van der Waals surface area contributed by atoms with Crippen molar-refractivity contribution in [3.8, 4) is 0 Å². The van der Waals surface area contributed by atoms with Gasteiger partial charge < -0.3 is 29.1 Å². The number of ether oxygens (including phenoxy) is 4. The molecule has 0 aromatic heterocycles. The lowest BCUT2D eigenvalue weighted by Crippen LogP contribution is -2.65. The maximum Gasteiger partial charge on any atom is 0.217 e. The molecule has 37 heavy (non-hydrogen) atoms. The third-order valence-corrected chi connectivity index (χ3v) is 6.20.